The van der Waals surface area contributed by atoms with Gasteiger partial charge in [-0.1, -0.05) is 6.92 Å². The molecule has 5 heteroatoms. The second-order valence-electron chi connectivity index (χ2n) is 5.97. The van der Waals surface area contributed by atoms with Gasteiger partial charge in [0.1, 0.15) is 5.82 Å². The molecule has 0 bridgehead atoms. The summed E-state index contributed by atoms with van der Waals surface area (Å²) < 4.78 is 0. The van der Waals surface area contributed by atoms with Crippen LogP contribution >= 0.6 is 0 Å². The molecule has 2 N–H and O–H groups in total. The minimum absolute atomic E-state index is 0.131. The number of nitrogens with one attached hydrogen (secondary N) is 2. The lowest BCUT2D eigenvalue weighted by atomic mass is 10.0. The summed E-state index contributed by atoms with van der Waals surface area (Å²) in [6.45, 7) is 4.43. The van der Waals surface area contributed by atoms with Crippen molar-refractivity contribution in [3.63, 3.8) is 0 Å². The maximum absolute atomic E-state index is 11.6. The van der Waals surface area contributed by atoms with Gasteiger partial charge in [0.15, 0.2) is 0 Å². The molecule has 1 saturated heterocycles. The van der Waals surface area contributed by atoms with Crippen LogP contribution in [0.4, 0.5) is 16.3 Å². The third-order valence-electron chi connectivity index (χ3n) is 3.90. The summed E-state index contributed by atoms with van der Waals surface area (Å²) in [5, 5.41) is 5.72. The molecule has 3 rings (SSSR count). The summed E-state index contributed by atoms with van der Waals surface area (Å²) >= 11 is 0. The third-order valence-corrected chi connectivity index (χ3v) is 3.90. The molecule has 0 spiro atoms. The van der Waals surface area contributed by atoms with E-state index >= 15 is 0 Å². The maximum Gasteiger partial charge on any atom is 0.319 e. The van der Waals surface area contributed by atoms with E-state index in [1.807, 2.05) is 12.1 Å². The number of hydrogen-bond donors (Lipinski definition) is 2. The molecule has 108 valence electrons. The van der Waals surface area contributed by atoms with Crippen molar-refractivity contribution >= 4 is 17.5 Å². The molecule has 1 aromatic heterocycles. The molecule has 2 amide bonds. The Morgan fingerprint density at radius 1 is 1.35 bits per heavy atom. The third kappa shape index (κ3) is 3.40. The number of urea groups is 1. The summed E-state index contributed by atoms with van der Waals surface area (Å²) in [6, 6.07) is 4.16. The molecule has 1 unspecified atom stereocenters. The Hall–Kier alpha value is -1.78. The van der Waals surface area contributed by atoms with Crippen LogP contribution in [0.5, 0.6) is 0 Å². The van der Waals surface area contributed by atoms with E-state index in [0.29, 0.717) is 6.04 Å². The summed E-state index contributed by atoms with van der Waals surface area (Å²) in [5.41, 5.74) is 0.747. The number of aromatic nitrogens is 1. The normalized spacial score (nSPS) is 22.4. The SMILES string of the molecule is CC1CCCN(c2ccc(NC(=O)NC3CC3)cn2)C1. The molecule has 5 nitrogen and oxygen atoms in total. The molecule has 20 heavy (non-hydrogen) atoms. The number of amides is 2. The van der Waals surface area contributed by atoms with Crippen LogP contribution in [0.1, 0.15) is 32.6 Å². The molecule has 0 aromatic carbocycles. The Morgan fingerprint density at radius 3 is 2.85 bits per heavy atom. The smallest absolute Gasteiger partial charge is 0.319 e. The first-order valence-electron chi connectivity index (χ1n) is 7.49. The van der Waals surface area contributed by atoms with Gasteiger partial charge in [0.25, 0.3) is 0 Å². The Morgan fingerprint density at radius 2 is 2.20 bits per heavy atom. The van der Waals surface area contributed by atoms with E-state index in [0.717, 1.165) is 43.4 Å². The van der Waals surface area contributed by atoms with Crippen LogP contribution in [0, 0.1) is 5.92 Å². The first kappa shape index (κ1) is 13.2. The minimum Gasteiger partial charge on any atom is -0.356 e. The van der Waals surface area contributed by atoms with E-state index in [1.54, 1.807) is 6.20 Å². The van der Waals surface area contributed by atoms with E-state index in [1.165, 1.54) is 12.8 Å². The average Bonchev–Trinajstić information content (AvgIpc) is 3.23. The van der Waals surface area contributed by atoms with Crippen molar-refractivity contribution in [2.45, 2.75) is 38.6 Å². The van der Waals surface area contributed by atoms with Crippen molar-refractivity contribution < 1.29 is 4.79 Å². The molecular formula is C15H22N4O. The standard InChI is InChI=1S/C15H22N4O/c1-11-3-2-8-19(10-11)14-7-6-13(9-16-14)18-15(20)17-12-4-5-12/h6-7,9,11-12H,2-5,8,10H2,1H3,(H2,17,18,20). The number of pyridine rings is 1. The van der Waals surface area contributed by atoms with Crippen molar-refractivity contribution in [3.05, 3.63) is 18.3 Å². The highest BCUT2D eigenvalue weighted by Crippen LogP contribution is 2.22. The first-order chi connectivity index (χ1) is 9.70. The number of piperidine rings is 1. The monoisotopic (exact) mass is 274 g/mol. The molecule has 1 aliphatic carbocycles. The molecule has 1 aromatic rings. The van der Waals surface area contributed by atoms with Crippen molar-refractivity contribution in [1.29, 1.82) is 0 Å². The molecule has 1 saturated carbocycles. The number of hydrogen-bond acceptors (Lipinski definition) is 3. The maximum atomic E-state index is 11.6. The van der Waals surface area contributed by atoms with Crippen LogP contribution in [0.25, 0.3) is 0 Å². The van der Waals surface area contributed by atoms with Crippen molar-refractivity contribution in [2.75, 3.05) is 23.3 Å². The fraction of sp³-hybridized carbons (Fsp3) is 0.600. The van der Waals surface area contributed by atoms with Gasteiger partial charge in [-0.05, 0) is 43.7 Å². The van der Waals surface area contributed by atoms with Crippen LogP contribution in [0.3, 0.4) is 0 Å². The summed E-state index contributed by atoms with van der Waals surface area (Å²) in [7, 11) is 0. The highest BCUT2D eigenvalue weighted by molar-refractivity contribution is 5.89. The predicted octanol–water partition coefficient (Wildman–Crippen LogP) is 2.60. The fourth-order valence-corrected chi connectivity index (χ4v) is 2.62. The van der Waals surface area contributed by atoms with Gasteiger partial charge >= 0.3 is 6.03 Å². The quantitative estimate of drug-likeness (QED) is 0.890. The van der Waals surface area contributed by atoms with Crippen LogP contribution in [0.15, 0.2) is 18.3 Å². The number of anilines is 2. The Kier molecular flexibility index (Phi) is 3.76. The Balaban J connectivity index is 1.57. The van der Waals surface area contributed by atoms with E-state index in [4.69, 9.17) is 0 Å². The molecule has 2 heterocycles. The summed E-state index contributed by atoms with van der Waals surface area (Å²) in [6.07, 6.45) is 6.46. The Bertz CT molecular complexity index is 469. The highest BCUT2D eigenvalue weighted by atomic mass is 16.2. The van der Waals surface area contributed by atoms with Crippen molar-refractivity contribution in [1.82, 2.24) is 10.3 Å². The second-order valence-corrected chi connectivity index (χ2v) is 5.97. The van der Waals surface area contributed by atoms with E-state index in [2.05, 4.69) is 27.4 Å². The lowest BCUT2D eigenvalue weighted by Crippen LogP contribution is -2.34. The molecule has 0 radical (unpaired) electrons. The molecular weight excluding hydrogens is 252 g/mol. The van der Waals surface area contributed by atoms with Crippen LogP contribution in [0.2, 0.25) is 0 Å². The second kappa shape index (κ2) is 5.69. The van der Waals surface area contributed by atoms with Gasteiger partial charge in [0, 0.05) is 19.1 Å². The van der Waals surface area contributed by atoms with Gasteiger partial charge in [-0.3, -0.25) is 0 Å². The minimum atomic E-state index is -0.131. The number of rotatable bonds is 3. The highest BCUT2D eigenvalue weighted by Gasteiger charge is 2.23. The average molecular weight is 274 g/mol. The number of nitrogens with zero attached hydrogens (tertiary/aromatic N) is 2. The predicted molar refractivity (Wildman–Crippen MR) is 80.0 cm³/mol. The van der Waals surface area contributed by atoms with Crippen LogP contribution in [-0.2, 0) is 0 Å². The Labute approximate surface area is 119 Å². The number of carbonyl (C=O) groups excluding carboxylic acids is 1. The molecule has 2 aliphatic rings. The van der Waals surface area contributed by atoms with E-state index < -0.39 is 0 Å². The topological polar surface area (TPSA) is 57.3 Å². The van der Waals surface area contributed by atoms with Crippen LogP contribution < -0.4 is 15.5 Å². The fourth-order valence-electron chi connectivity index (χ4n) is 2.62. The van der Waals surface area contributed by atoms with Gasteiger partial charge in [-0.25, -0.2) is 9.78 Å². The largest absolute Gasteiger partial charge is 0.356 e. The molecule has 1 atom stereocenters. The number of carbonyl (C=O) groups is 1. The van der Waals surface area contributed by atoms with Gasteiger partial charge < -0.3 is 15.5 Å². The summed E-state index contributed by atoms with van der Waals surface area (Å²) in [5.74, 6) is 1.73. The molecule has 2 fully saturated rings. The van der Waals surface area contributed by atoms with Crippen molar-refractivity contribution in [2.24, 2.45) is 5.92 Å². The zero-order chi connectivity index (χ0) is 13.9. The van der Waals surface area contributed by atoms with Gasteiger partial charge in [-0.15, -0.1) is 0 Å². The molecule has 1 aliphatic heterocycles. The zero-order valence-corrected chi connectivity index (χ0v) is 11.9. The van der Waals surface area contributed by atoms with Gasteiger partial charge in [0.2, 0.25) is 0 Å². The first-order valence-corrected chi connectivity index (χ1v) is 7.49. The van der Waals surface area contributed by atoms with E-state index in [-0.39, 0.29) is 6.03 Å². The zero-order valence-electron chi connectivity index (χ0n) is 11.9. The van der Waals surface area contributed by atoms with Crippen LogP contribution in [-0.4, -0.2) is 30.1 Å². The lowest BCUT2D eigenvalue weighted by molar-refractivity contribution is 0.251. The van der Waals surface area contributed by atoms with Gasteiger partial charge in [0.05, 0.1) is 11.9 Å². The van der Waals surface area contributed by atoms with E-state index in [9.17, 15) is 4.79 Å². The summed E-state index contributed by atoms with van der Waals surface area (Å²) in [4.78, 5) is 18.4. The lowest BCUT2D eigenvalue weighted by Gasteiger charge is -2.31. The van der Waals surface area contributed by atoms with Gasteiger partial charge in [-0.2, -0.15) is 0 Å². The van der Waals surface area contributed by atoms with Crippen molar-refractivity contribution in [3.8, 4) is 0 Å².